The van der Waals surface area contributed by atoms with Crippen LogP contribution in [0.4, 0.5) is 0 Å². The highest BCUT2D eigenvalue weighted by Crippen LogP contribution is 2.23. The van der Waals surface area contributed by atoms with Crippen molar-refractivity contribution in [1.82, 2.24) is 10.2 Å². The minimum Gasteiger partial charge on any atom is -0.396 e. The van der Waals surface area contributed by atoms with Gasteiger partial charge in [0.05, 0.1) is 0 Å². The molecule has 6 heteroatoms. The van der Waals surface area contributed by atoms with E-state index in [9.17, 15) is 9.90 Å². The van der Waals surface area contributed by atoms with Crippen molar-refractivity contribution in [2.75, 3.05) is 39.5 Å². The number of nitrogens with zero attached hydrogens (tertiary/aromatic N) is 1. The number of aliphatic hydroxyl groups is 1. The number of nitrogens with one attached hydrogen (secondary N) is 1. The second kappa shape index (κ2) is 9.67. The Balaban J connectivity index is 1.38. The van der Waals surface area contributed by atoms with Gasteiger partial charge < -0.3 is 20.1 Å². The third-order valence-electron chi connectivity index (χ3n) is 5.50. The molecule has 2 aliphatic rings. The minimum absolute atomic E-state index is 0.102. The van der Waals surface area contributed by atoms with Crippen LogP contribution in [-0.4, -0.2) is 61.4 Å². The number of carbonyl (C=O) groups is 1. The van der Waals surface area contributed by atoms with Crippen LogP contribution in [-0.2, 0) is 16.0 Å². The number of amides is 1. The van der Waals surface area contributed by atoms with E-state index in [2.05, 4.69) is 21.7 Å². The summed E-state index contributed by atoms with van der Waals surface area (Å²) >= 11 is 1.70. The summed E-state index contributed by atoms with van der Waals surface area (Å²) in [7, 11) is 0. The van der Waals surface area contributed by atoms with Crippen LogP contribution in [0.15, 0.2) is 17.5 Å². The number of piperidine rings is 1. The Bertz CT molecular complexity index is 509. The van der Waals surface area contributed by atoms with Gasteiger partial charge in [-0.1, -0.05) is 6.07 Å². The number of hydrogen-bond acceptors (Lipinski definition) is 5. The predicted octanol–water partition coefficient (Wildman–Crippen LogP) is 1.91. The van der Waals surface area contributed by atoms with Gasteiger partial charge in [0.25, 0.3) is 0 Å². The summed E-state index contributed by atoms with van der Waals surface area (Å²) in [5.74, 6) is 0.387. The first-order valence-electron chi connectivity index (χ1n) is 9.49. The van der Waals surface area contributed by atoms with Crippen molar-refractivity contribution in [1.29, 1.82) is 0 Å². The first-order valence-corrected chi connectivity index (χ1v) is 10.4. The summed E-state index contributed by atoms with van der Waals surface area (Å²) in [5.41, 5.74) is 0. The molecule has 1 aromatic rings. The van der Waals surface area contributed by atoms with Gasteiger partial charge in [0.15, 0.2) is 0 Å². The fraction of sp³-hybridized carbons (Fsp3) is 0.737. The smallest absolute Gasteiger partial charge is 0.223 e. The molecular formula is C19H30N2O3S. The Hall–Kier alpha value is -0.950. The normalized spacial score (nSPS) is 22.0. The van der Waals surface area contributed by atoms with E-state index in [1.54, 1.807) is 11.3 Å². The summed E-state index contributed by atoms with van der Waals surface area (Å²) in [5, 5.41) is 14.7. The molecule has 3 rings (SSSR count). The van der Waals surface area contributed by atoms with Gasteiger partial charge in [0.1, 0.15) is 0 Å². The quantitative estimate of drug-likeness (QED) is 0.774. The van der Waals surface area contributed by atoms with Gasteiger partial charge >= 0.3 is 0 Å². The average Bonchev–Trinajstić information content (AvgIpc) is 3.19. The highest BCUT2D eigenvalue weighted by molar-refractivity contribution is 7.09. The number of ether oxygens (including phenoxy) is 1. The molecule has 0 aliphatic carbocycles. The maximum atomic E-state index is 12.5. The maximum Gasteiger partial charge on any atom is 0.223 e. The Kier molecular flexibility index (Phi) is 7.28. The molecule has 0 saturated carbocycles. The zero-order chi connectivity index (χ0) is 17.5. The second-order valence-electron chi connectivity index (χ2n) is 7.23. The first kappa shape index (κ1) is 18.8. The van der Waals surface area contributed by atoms with Gasteiger partial charge in [-0.3, -0.25) is 4.79 Å². The summed E-state index contributed by atoms with van der Waals surface area (Å²) < 4.78 is 5.44. The van der Waals surface area contributed by atoms with Gasteiger partial charge in [0, 0.05) is 49.1 Å². The van der Waals surface area contributed by atoms with Crippen molar-refractivity contribution in [2.45, 2.75) is 38.1 Å². The van der Waals surface area contributed by atoms with E-state index in [-0.39, 0.29) is 24.3 Å². The molecule has 2 fully saturated rings. The van der Waals surface area contributed by atoms with Crippen LogP contribution in [0.2, 0.25) is 0 Å². The van der Waals surface area contributed by atoms with Crippen LogP contribution in [0, 0.1) is 11.8 Å². The maximum absolute atomic E-state index is 12.5. The van der Waals surface area contributed by atoms with Crippen LogP contribution in [0.3, 0.4) is 0 Å². The van der Waals surface area contributed by atoms with E-state index in [0.29, 0.717) is 12.6 Å². The molecule has 140 valence electrons. The number of rotatable bonds is 7. The molecule has 1 aromatic heterocycles. The van der Waals surface area contributed by atoms with Crippen LogP contribution in [0.5, 0.6) is 0 Å². The Morgan fingerprint density at radius 3 is 2.72 bits per heavy atom. The largest absolute Gasteiger partial charge is 0.396 e. The molecule has 1 atom stereocenters. The van der Waals surface area contributed by atoms with E-state index >= 15 is 0 Å². The Morgan fingerprint density at radius 1 is 1.32 bits per heavy atom. The van der Waals surface area contributed by atoms with Crippen LogP contribution in [0.1, 0.15) is 30.6 Å². The molecule has 0 aromatic carbocycles. The number of hydrogen-bond donors (Lipinski definition) is 2. The molecule has 1 unspecified atom stereocenters. The lowest BCUT2D eigenvalue weighted by Gasteiger charge is -2.38. The third-order valence-corrected chi connectivity index (χ3v) is 6.40. The molecule has 2 N–H and O–H groups in total. The summed E-state index contributed by atoms with van der Waals surface area (Å²) in [4.78, 5) is 16.3. The van der Waals surface area contributed by atoms with E-state index in [1.807, 2.05) is 6.07 Å². The zero-order valence-electron chi connectivity index (χ0n) is 14.9. The van der Waals surface area contributed by atoms with E-state index in [4.69, 9.17) is 4.74 Å². The van der Waals surface area contributed by atoms with Crippen molar-refractivity contribution in [3.05, 3.63) is 22.4 Å². The summed E-state index contributed by atoms with van der Waals surface area (Å²) in [6, 6.07) is 4.75. The van der Waals surface area contributed by atoms with Gasteiger partial charge in [-0.25, -0.2) is 0 Å². The Labute approximate surface area is 154 Å². The molecule has 0 spiro atoms. The topological polar surface area (TPSA) is 61.8 Å². The molecule has 0 bridgehead atoms. The lowest BCUT2D eigenvalue weighted by Crippen LogP contribution is -2.47. The van der Waals surface area contributed by atoms with Crippen molar-refractivity contribution in [3.8, 4) is 0 Å². The van der Waals surface area contributed by atoms with E-state index in [1.165, 1.54) is 4.88 Å². The monoisotopic (exact) mass is 366 g/mol. The molecule has 25 heavy (non-hydrogen) atoms. The highest BCUT2D eigenvalue weighted by Gasteiger charge is 2.29. The SMILES string of the molecule is O=C(NCC(CO)Cc1cccs1)C1CCN(C2CCOCC2)CC1. The summed E-state index contributed by atoms with van der Waals surface area (Å²) in [6.07, 6.45) is 4.96. The molecule has 2 saturated heterocycles. The van der Waals surface area contributed by atoms with Crippen molar-refractivity contribution in [3.63, 3.8) is 0 Å². The molecule has 2 aliphatic heterocycles. The average molecular weight is 367 g/mol. The molecule has 0 radical (unpaired) electrons. The Morgan fingerprint density at radius 2 is 2.08 bits per heavy atom. The van der Waals surface area contributed by atoms with Gasteiger partial charge in [-0.2, -0.15) is 0 Å². The molecule has 5 nitrogen and oxygen atoms in total. The van der Waals surface area contributed by atoms with Crippen LogP contribution >= 0.6 is 11.3 Å². The van der Waals surface area contributed by atoms with Crippen molar-refractivity contribution >= 4 is 17.2 Å². The first-order chi connectivity index (χ1) is 12.3. The minimum atomic E-state index is 0.102. The lowest BCUT2D eigenvalue weighted by atomic mass is 9.93. The van der Waals surface area contributed by atoms with Crippen LogP contribution in [0.25, 0.3) is 0 Å². The summed E-state index contributed by atoms with van der Waals surface area (Å²) in [6.45, 7) is 4.45. The number of carbonyl (C=O) groups excluding carboxylic acids is 1. The third kappa shape index (κ3) is 5.51. The van der Waals surface area contributed by atoms with Crippen molar-refractivity contribution < 1.29 is 14.6 Å². The number of thiophene rings is 1. The fourth-order valence-electron chi connectivity index (χ4n) is 3.88. The van der Waals surface area contributed by atoms with E-state index < -0.39 is 0 Å². The highest BCUT2D eigenvalue weighted by atomic mass is 32.1. The van der Waals surface area contributed by atoms with Gasteiger partial charge in [-0.05, 0) is 56.6 Å². The standard InChI is InChI=1S/C19H30N2O3S/c22-14-15(12-18-2-1-11-25-18)13-20-19(23)16-3-7-21(8-4-16)17-5-9-24-10-6-17/h1-2,11,15-17,22H,3-10,12-14H2,(H,20,23). The van der Waals surface area contributed by atoms with E-state index in [0.717, 1.165) is 58.4 Å². The number of aliphatic hydroxyl groups excluding tert-OH is 1. The predicted molar refractivity (Wildman–Crippen MR) is 99.7 cm³/mol. The van der Waals surface area contributed by atoms with Gasteiger partial charge in [-0.15, -0.1) is 11.3 Å². The number of likely N-dealkylation sites (tertiary alicyclic amines) is 1. The lowest BCUT2D eigenvalue weighted by molar-refractivity contribution is -0.127. The van der Waals surface area contributed by atoms with Crippen LogP contribution < -0.4 is 5.32 Å². The molecule has 3 heterocycles. The molecular weight excluding hydrogens is 336 g/mol. The zero-order valence-corrected chi connectivity index (χ0v) is 15.7. The second-order valence-corrected chi connectivity index (χ2v) is 8.26. The van der Waals surface area contributed by atoms with Crippen molar-refractivity contribution in [2.24, 2.45) is 11.8 Å². The molecule has 1 amide bonds. The van der Waals surface area contributed by atoms with Gasteiger partial charge in [0.2, 0.25) is 5.91 Å². The fourth-order valence-corrected chi connectivity index (χ4v) is 4.70.